The molecule has 0 aromatic heterocycles. The van der Waals surface area contributed by atoms with Crippen molar-refractivity contribution in [3.8, 4) is 0 Å². The Hall–Kier alpha value is -1.26. The number of hydrogen-bond acceptors (Lipinski definition) is 3. The quantitative estimate of drug-likeness (QED) is 0.738. The van der Waals surface area contributed by atoms with Gasteiger partial charge in [-0.25, -0.2) is 4.79 Å². The maximum Gasteiger partial charge on any atom is 0.407 e. The van der Waals surface area contributed by atoms with Gasteiger partial charge in [-0.1, -0.05) is 37.1 Å². The summed E-state index contributed by atoms with van der Waals surface area (Å²) >= 11 is 6.00. The van der Waals surface area contributed by atoms with E-state index in [1.54, 1.807) is 0 Å². The van der Waals surface area contributed by atoms with Crippen LogP contribution in [-0.2, 0) is 4.74 Å². The number of halogens is 1. The topological polar surface area (TPSA) is 50.4 Å². The van der Waals surface area contributed by atoms with Crippen LogP contribution in [-0.4, -0.2) is 24.3 Å². The lowest BCUT2D eigenvalue weighted by Gasteiger charge is -2.28. The molecule has 0 saturated heterocycles. The summed E-state index contributed by atoms with van der Waals surface area (Å²) in [4.78, 5) is 11.9. The van der Waals surface area contributed by atoms with E-state index in [1.165, 1.54) is 12.0 Å². The molecule has 3 unspecified atom stereocenters. The number of nitrogens with one attached hydrogen (secondary N) is 2. The van der Waals surface area contributed by atoms with Crippen molar-refractivity contribution in [3.05, 3.63) is 34.9 Å². The summed E-state index contributed by atoms with van der Waals surface area (Å²) in [7, 11) is 0. The van der Waals surface area contributed by atoms with E-state index in [2.05, 4.69) is 29.7 Å². The van der Waals surface area contributed by atoms with Gasteiger partial charge >= 0.3 is 6.09 Å². The van der Waals surface area contributed by atoms with E-state index in [9.17, 15) is 4.79 Å². The average Bonchev–Trinajstić information content (AvgIpc) is 2.97. The third-order valence-corrected chi connectivity index (χ3v) is 4.91. The molecule has 3 atom stereocenters. The van der Waals surface area contributed by atoms with Crippen LogP contribution in [0.25, 0.3) is 0 Å². The fourth-order valence-corrected chi connectivity index (χ4v) is 3.56. The lowest BCUT2D eigenvalue weighted by atomic mass is 9.99. The number of alkyl carbamates (subject to hydrolysis) is 1. The summed E-state index contributed by atoms with van der Waals surface area (Å²) in [5, 5.41) is 7.48. The van der Waals surface area contributed by atoms with Gasteiger partial charge in [0.25, 0.3) is 0 Å². The van der Waals surface area contributed by atoms with E-state index in [0.717, 1.165) is 24.3 Å². The molecule has 0 spiro atoms. The molecular weight excluding hydrogens is 336 g/mol. The van der Waals surface area contributed by atoms with Crippen LogP contribution in [0.4, 0.5) is 4.79 Å². The zero-order valence-corrected chi connectivity index (χ0v) is 16.5. The van der Waals surface area contributed by atoms with Crippen LogP contribution >= 0.6 is 11.6 Å². The van der Waals surface area contributed by atoms with E-state index in [-0.39, 0.29) is 6.09 Å². The van der Waals surface area contributed by atoms with Crippen LogP contribution in [0.15, 0.2) is 24.3 Å². The Kier molecular flexibility index (Phi) is 7.14. The largest absolute Gasteiger partial charge is 0.444 e. The molecule has 0 radical (unpaired) electrons. The lowest BCUT2D eigenvalue weighted by Crippen LogP contribution is -2.42. The number of benzene rings is 1. The van der Waals surface area contributed by atoms with Gasteiger partial charge in [-0.15, -0.1) is 0 Å². The van der Waals surface area contributed by atoms with Crippen molar-refractivity contribution in [1.29, 1.82) is 0 Å². The van der Waals surface area contributed by atoms with Crippen molar-refractivity contribution < 1.29 is 9.53 Å². The van der Waals surface area contributed by atoms with Gasteiger partial charge in [0.05, 0.1) is 0 Å². The molecular formula is C20H31ClN2O2. The molecule has 5 heteroatoms. The molecule has 1 aliphatic rings. The molecule has 1 fully saturated rings. The van der Waals surface area contributed by atoms with E-state index in [4.69, 9.17) is 16.3 Å². The smallest absolute Gasteiger partial charge is 0.407 e. The normalized spacial score (nSPS) is 21.8. The van der Waals surface area contributed by atoms with Crippen LogP contribution in [0.5, 0.6) is 0 Å². The predicted molar refractivity (Wildman–Crippen MR) is 103 cm³/mol. The van der Waals surface area contributed by atoms with Crippen molar-refractivity contribution in [2.75, 3.05) is 6.54 Å². The molecule has 140 valence electrons. The molecule has 1 aromatic rings. The fraction of sp³-hybridized carbons (Fsp3) is 0.650. The molecule has 1 saturated carbocycles. The number of amides is 1. The molecule has 0 aliphatic heterocycles. The second-order valence-corrected chi connectivity index (χ2v) is 8.30. The minimum absolute atomic E-state index is 0.310. The summed E-state index contributed by atoms with van der Waals surface area (Å²) in [6, 6.07) is 8.79. The van der Waals surface area contributed by atoms with Gasteiger partial charge in [0.1, 0.15) is 5.60 Å². The van der Waals surface area contributed by atoms with Gasteiger partial charge in [0, 0.05) is 23.7 Å². The van der Waals surface area contributed by atoms with Gasteiger partial charge in [-0.2, -0.15) is 0 Å². The predicted octanol–water partition coefficient (Wildman–Crippen LogP) is 5.07. The van der Waals surface area contributed by atoms with Crippen LogP contribution in [0.3, 0.4) is 0 Å². The highest BCUT2D eigenvalue weighted by molar-refractivity contribution is 6.30. The first kappa shape index (κ1) is 20.1. The van der Waals surface area contributed by atoms with Crippen LogP contribution in [0.1, 0.15) is 65.0 Å². The molecule has 1 aliphatic carbocycles. The van der Waals surface area contributed by atoms with E-state index in [0.29, 0.717) is 24.5 Å². The highest BCUT2D eigenvalue weighted by Crippen LogP contribution is 2.29. The molecule has 4 nitrogen and oxygen atoms in total. The Bertz CT molecular complexity index is 554. The summed E-state index contributed by atoms with van der Waals surface area (Å²) in [6.45, 7) is 8.48. The van der Waals surface area contributed by atoms with Gasteiger partial charge in [-0.05, 0) is 63.6 Å². The first-order chi connectivity index (χ1) is 11.8. The molecule has 25 heavy (non-hydrogen) atoms. The maximum absolute atomic E-state index is 11.9. The van der Waals surface area contributed by atoms with E-state index in [1.807, 2.05) is 32.9 Å². The summed E-state index contributed by atoms with van der Waals surface area (Å²) in [6.07, 6.45) is 4.15. The lowest BCUT2D eigenvalue weighted by molar-refractivity contribution is 0.0517. The average molecular weight is 367 g/mol. The van der Waals surface area contributed by atoms with Crippen molar-refractivity contribution >= 4 is 17.7 Å². The molecule has 2 rings (SSSR count). The SMILES string of the molecule is CCC(NC1CCCC1CNC(=O)OC(C)(C)C)c1ccc(Cl)cc1. The Labute approximate surface area is 156 Å². The number of hydrogen-bond donors (Lipinski definition) is 2. The minimum atomic E-state index is -0.459. The number of carbonyl (C=O) groups is 1. The van der Waals surface area contributed by atoms with Crippen LogP contribution < -0.4 is 10.6 Å². The standard InChI is InChI=1S/C20H31ClN2O2/c1-5-17(14-9-11-16(21)12-10-14)23-18-8-6-7-15(18)13-22-19(24)25-20(2,3)4/h9-12,15,17-18,23H,5-8,13H2,1-4H3,(H,22,24). The third-order valence-electron chi connectivity index (χ3n) is 4.66. The monoisotopic (exact) mass is 366 g/mol. The zero-order chi connectivity index (χ0) is 18.4. The van der Waals surface area contributed by atoms with E-state index < -0.39 is 5.60 Å². The maximum atomic E-state index is 11.9. The zero-order valence-electron chi connectivity index (χ0n) is 15.8. The number of ether oxygens (including phenoxy) is 1. The van der Waals surface area contributed by atoms with Gasteiger partial charge < -0.3 is 15.4 Å². The summed E-state index contributed by atoms with van der Waals surface area (Å²) in [5.41, 5.74) is 0.803. The number of rotatable bonds is 6. The molecule has 1 amide bonds. The molecule has 2 N–H and O–H groups in total. The second-order valence-electron chi connectivity index (χ2n) is 7.86. The molecule has 1 aromatic carbocycles. The highest BCUT2D eigenvalue weighted by Gasteiger charge is 2.29. The Morgan fingerprint density at radius 2 is 1.96 bits per heavy atom. The highest BCUT2D eigenvalue weighted by atomic mass is 35.5. The van der Waals surface area contributed by atoms with Gasteiger partial charge in [0.2, 0.25) is 0 Å². The van der Waals surface area contributed by atoms with Gasteiger partial charge in [0.15, 0.2) is 0 Å². The van der Waals surface area contributed by atoms with E-state index >= 15 is 0 Å². The van der Waals surface area contributed by atoms with Crippen LogP contribution in [0, 0.1) is 5.92 Å². The van der Waals surface area contributed by atoms with Crippen molar-refractivity contribution in [1.82, 2.24) is 10.6 Å². The molecule has 0 bridgehead atoms. The van der Waals surface area contributed by atoms with Crippen molar-refractivity contribution in [3.63, 3.8) is 0 Å². The number of carbonyl (C=O) groups excluding carboxylic acids is 1. The summed E-state index contributed by atoms with van der Waals surface area (Å²) in [5.74, 6) is 0.439. The van der Waals surface area contributed by atoms with Crippen LogP contribution in [0.2, 0.25) is 5.02 Å². The molecule has 0 heterocycles. The third kappa shape index (κ3) is 6.52. The van der Waals surface area contributed by atoms with Crippen molar-refractivity contribution in [2.45, 2.75) is 71.1 Å². The van der Waals surface area contributed by atoms with Crippen molar-refractivity contribution in [2.24, 2.45) is 5.92 Å². The Balaban J connectivity index is 1.89. The minimum Gasteiger partial charge on any atom is -0.444 e. The fourth-order valence-electron chi connectivity index (χ4n) is 3.43. The first-order valence-corrected chi connectivity index (χ1v) is 9.64. The Morgan fingerprint density at radius 3 is 2.56 bits per heavy atom. The summed E-state index contributed by atoms with van der Waals surface area (Å²) < 4.78 is 5.33. The first-order valence-electron chi connectivity index (χ1n) is 9.27. The second kappa shape index (κ2) is 8.91. The van der Waals surface area contributed by atoms with Gasteiger partial charge in [-0.3, -0.25) is 0 Å². The Morgan fingerprint density at radius 1 is 1.28 bits per heavy atom.